The highest BCUT2D eigenvalue weighted by molar-refractivity contribution is 5.81. The molecule has 0 aromatic carbocycles. The third kappa shape index (κ3) is 1.57. The zero-order valence-electron chi connectivity index (χ0n) is 6.68. The Morgan fingerprint density at radius 3 is 2.60 bits per heavy atom. The molecule has 1 aliphatic heterocycles. The van der Waals surface area contributed by atoms with Gasteiger partial charge < -0.3 is 5.32 Å². The second kappa shape index (κ2) is 3.15. The van der Waals surface area contributed by atoms with E-state index >= 15 is 0 Å². The van der Waals surface area contributed by atoms with E-state index in [1.807, 2.05) is 0 Å². The van der Waals surface area contributed by atoms with Crippen LogP contribution < -0.4 is 5.32 Å². The van der Waals surface area contributed by atoms with E-state index in [0.717, 1.165) is 12.8 Å². The predicted molar refractivity (Wildman–Crippen MR) is 40.9 cm³/mol. The Hall–Kier alpha value is -0.370. The van der Waals surface area contributed by atoms with E-state index in [1.54, 1.807) is 6.92 Å². The van der Waals surface area contributed by atoms with Crippen molar-refractivity contribution in [1.29, 1.82) is 0 Å². The Morgan fingerprint density at radius 1 is 1.60 bits per heavy atom. The van der Waals surface area contributed by atoms with Crippen LogP contribution >= 0.6 is 0 Å². The zero-order valence-corrected chi connectivity index (χ0v) is 6.68. The molecule has 10 heavy (non-hydrogen) atoms. The van der Waals surface area contributed by atoms with Crippen LogP contribution in [0, 0.1) is 0 Å². The number of ketones is 1. The minimum Gasteiger partial charge on any atom is -0.305 e. The van der Waals surface area contributed by atoms with Crippen LogP contribution in [0.5, 0.6) is 0 Å². The molecule has 0 saturated carbocycles. The average Bonchev–Trinajstić information content (AvgIpc) is 2.34. The smallest absolute Gasteiger partial charge is 0.146 e. The summed E-state index contributed by atoms with van der Waals surface area (Å²) in [6.45, 7) is 3.82. The zero-order chi connectivity index (χ0) is 7.56. The van der Waals surface area contributed by atoms with Crippen molar-refractivity contribution < 1.29 is 4.79 Å². The Bertz CT molecular complexity index is 133. The molecule has 0 amide bonds. The van der Waals surface area contributed by atoms with Gasteiger partial charge in [-0.25, -0.2) is 0 Å². The summed E-state index contributed by atoms with van der Waals surface area (Å²) in [5.74, 6) is 0.288. The molecule has 58 valence electrons. The Labute approximate surface area is 62.0 Å². The standard InChI is InChI=1S/C8H15NO/c1-3-7-4-5-8(9-7)6(2)10/h7-9H,3-5H2,1-2H3/t7-,8?/m0/s1. The monoisotopic (exact) mass is 141 g/mol. The van der Waals surface area contributed by atoms with Gasteiger partial charge in [0.1, 0.15) is 5.78 Å². The van der Waals surface area contributed by atoms with Gasteiger partial charge in [-0.2, -0.15) is 0 Å². The highest BCUT2D eigenvalue weighted by Gasteiger charge is 2.24. The van der Waals surface area contributed by atoms with Gasteiger partial charge in [-0.15, -0.1) is 0 Å². The van der Waals surface area contributed by atoms with Crippen LogP contribution in [-0.2, 0) is 4.79 Å². The minimum atomic E-state index is 0.157. The van der Waals surface area contributed by atoms with Gasteiger partial charge in [-0.3, -0.25) is 4.79 Å². The molecule has 2 atom stereocenters. The number of Topliss-reactive ketones (excluding diaryl/α,β-unsaturated/α-hetero) is 1. The summed E-state index contributed by atoms with van der Waals surface area (Å²) in [5.41, 5.74) is 0. The van der Waals surface area contributed by atoms with Crippen molar-refractivity contribution >= 4 is 5.78 Å². The summed E-state index contributed by atoms with van der Waals surface area (Å²) >= 11 is 0. The first-order valence-corrected chi connectivity index (χ1v) is 4.00. The highest BCUT2D eigenvalue weighted by atomic mass is 16.1. The highest BCUT2D eigenvalue weighted by Crippen LogP contribution is 2.14. The first-order valence-electron chi connectivity index (χ1n) is 4.00. The summed E-state index contributed by atoms with van der Waals surface area (Å²) in [5, 5.41) is 3.29. The van der Waals surface area contributed by atoms with Crippen LogP contribution in [0.2, 0.25) is 0 Å². The molecule has 0 bridgehead atoms. The predicted octanol–water partition coefficient (Wildman–Crippen LogP) is 1.11. The van der Waals surface area contributed by atoms with E-state index in [-0.39, 0.29) is 11.8 Å². The van der Waals surface area contributed by atoms with Crippen molar-refractivity contribution in [1.82, 2.24) is 5.32 Å². The second-order valence-electron chi connectivity index (χ2n) is 3.01. The van der Waals surface area contributed by atoms with E-state index in [4.69, 9.17) is 0 Å². The van der Waals surface area contributed by atoms with Crippen LogP contribution in [0.1, 0.15) is 33.1 Å². The molecule has 2 heteroatoms. The number of hydrogen-bond donors (Lipinski definition) is 1. The first kappa shape index (κ1) is 7.73. The molecular weight excluding hydrogens is 126 g/mol. The number of carbonyl (C=O) groups excluding carboxylic acids is 1. The van der Waals surface area contributed by atoms with Crippen molar-refractivity contribution in [2.75, 3.05) is 0 Å². The van der Waals surface area contributed by atoms with Gasteiger partial charge in [0.05, 0.1) is 6.04 Å². The third-order valence-corrected chi connectivity index (χ3v) is 2.22. The van der Waals surface area contributed by atoms with E-state index in [1.165, 1.54) is 6.42 Å². The number of nitrogens with one attached hydrogen (secondary N) is 1. The summed E-state index contributed by atoms with van der Waals surface area (Å²) in [6.07, 6.45) is 3.35. The molecule has 0 aliphatic carbocycles. The molecule has 1 N–H and O–H groups in total. The van der Waals surface area contributed by atoms with Crippen LogP contribution in [0.4, 0.5) is 0 Å². The van der Waals surface area contributed by atoms with Gasteiger partial charge in [0.2, 0.25) is 0 Å². The van der Waals surface area contributed by atoms with Gasteiger partial charge in [-0.1, -0.05) is 6.92 Å². The number of rotatable bonds is 2. The Balaban J connectivity index is 2.35. The topological polar surface area (TPSA) is 29.1 Å². The fourth-order valence-corrected chi connectivity index (χ4v) is 1.46. The van der Waals surface area contributed by atoms with E-state index in [0.29, 0.717) is 6.04 Å². The molecule has 1 heterocycles. The minimum absolute atomic E-state index is 0.157. The molecule has 0 radical (unpaired) electrons. The molecule has 1 fully saturated rings. The lowest BCUT2D eigenvalue weighted by Crippen LogP contribution is -2.33. The largest absolute Gasteiger partial charge is 0.305 e. The maximum atomic E-state index is 10.8. The maximum Gasteiger partial charge on any atom is 0.146 e. The van der Waals surface area contributed by atoms with Crippen LogP contribution in [0.25, 0.3) is 0 Å². The van der Waals surface area contributed by atoms with Gasteiger partial charge in [-0.05, 0) is 26.2 Å². The fourth-order valence-electron chi connectivity index (χ4n) is 1.46. The quantitative estimate of drug-likeness (QED) is 0.624. The molecule has 1 saturated heterocycles. The third-order valence-electron chi connectivity index (χ3n) is 2.22. The number of carbonyl (C=O) groups is 1. The van der Waals surface area contributed by atoms with Crippen LogP contribution in [-0.4, -0.2) is 17.9 Å². The SMILES string of the molecule is CC[C@H]1CCC(C(C)=O)N1. The molecule has 2 nitrogen and oxygen atoms in total. The van der Waals surface area contributed by atoms with Crippen molar-refractivity contribution in [3.8, 4) is 0 Å². The summed E-state index contributed by atoms with van der Waals surface area (Å²) in [6, 6.07) is 0.749. The molecule has 0 spiro atoms. The summed E-state index contributed by atoms with van der Waals surface area (Å²) in [7, 11) is 0. The molecule has 0 aromatic rings. The van der Waals surface area contributed by atoms with Gasteiger partial charge >= 0.3 is 0 Å². The molecule has 0 aromatic heterocycles. The Kier molecular flexibility index (Phi) is 2.44. The van der Waals surface area contributed by atoms with Crippen LogP contribution in [0.15, 0.2) is 0 Å². The van der Waals surface area contributed by atoms with E-state index in [2.05, 4.69) is 12.2 Å². The summed E-state index contributed by atoms with van der Waals surface area (Å²) in [4.78, 5) is 10.8. The maximum absolute atomic E-state index is 10.8. The molecular formula is C8H15NO. The van der Waals surface area contributed by atoms with Crippen molar-refractivity contribution in [3.05, 3.63) is 0 Å². The lowest BCUT2D eigenvalue weighted by Gasteiger charge is -2.08. The van der Waals surface area contributed by atoms with E-state index < -0.39 is 0 Å². The lowest BCUT2D eigenvalue weighted by atomic mass is 10.1. The van der Waals surface area contributed by atoms with Crippen LogP contribution in [0.3, 0.4) is 0 Å². The van der Waals surface area contributed by atoms with Gasteiger partial charge in [0.25, 0.3) is 0 Å². The normalized spacial score (nSPS) is 32.6. The van der Waals surface area contributed by atoms with Gasteiger partial charge in [0.15, 0.2) is 0 Å². The lowest BCUT2D eigenvalue weighted by molar-refractivity contribution is -0.118. The second-order valence-corrected chi connectivity index (χ2v) is 3.01. The van der Waals surface area contributed by atoms with Gasteiger partial charge in [0, 0.05) is 6.04 Å². The molecule has 1 unspecified atom stereocenters. The summed E-state index contributed by atoms with van der Waals surface area (Å²) < 4.78 is 0. The fraction of sp³-hybridized carbons (Fsp3) is 0.875. The number of hydrogen-bond acceptors (Lipinski definition) is 2. The molecule has 1 rings (SSSR count). The molecule has 1 aliphatic rings. The van der Waals surface area contributed by atoms with Crippen molar-refractivity contribution in [3.63, 3.8) is 0 Å². The average molecular weight is 141 g/mol. The van der Waals surface area contributed by atoms with Crippen molar-refractivity contribution in [2.24, 2.45) is 0 Å². The Morgan fingerprint density at radius 2 is 2.30 bits per heavy atom. The first-order chi connectivity index (χ1) is 4.74. The van der Waals surface area contributed by atoms with E-state index in [9.17, 15) is 4.79 Å². The van der Waals surface area contributed by atoms with Crippen molar-refractivity contribution in [2.45, 2.75) is 45.2 Å².